The lowest BCUT2D eigenvalue weighted by molar-refractivity contribution is 0.328. The number of hydrogen-bond acceptors (Lipinski definition) is 1. The lowest BCUT2D eigenvalue weighted by Crippen LogP contribution is -2.27. The van der Waals surface area contributed by atoms with Crippen molar-refractivity contribution in [1.82, 2.24) is 0 Å². The van der Waals surface area contributed by atoms with Crippen LogP contribution >= 0.6 is 11.6 Å². The first-order chi connectivity index (χ1) is 8.16. The van der Waals surface area contributed by atoms with Gasteiger partial charge < -0.3 is 5.32 Å². The van der Waals surface area contributed by atoms with Gasteiger partial charge >= 0.3 is 0 Å². The molecule has 0 spiro atoms. The molecule has 0 bridgehead atoms. The van der Waals surface area contributed by atoms with Gasteiger partial charge in [-0.15, -0.1) is 0 Å². The maximum Gasteiger partial charge on any atom is 0.0640 e. The van der Waals surface area contributed by atoms with Crippen molar-refractivity contribution in [2.24, 2.45) is 5.92 Å². The van der Waals surface area contributed by atoms with Crippen LogP contribution < -0.4 is 5.32 Å². The summed E-state index contributed by atoms with van der Waals surface area (Å²) in [7, 11) is 0. The van der Waals surface area contributed by atoms with Gasteiger partial charge in [0.05, 0.1) is 10.7 Å². The van der Waals surface area contributed by atoms with E-state index in [4.69, 9.17) is 11.6 Å². The summed E-state index contributed by atoms with van der Waals surface area (Å²) < 4.78 is 0. The smallest absolute Gasteiger partial charge is 0.0640 e. The van der Waals surface area contributed by atoms with E-state index < -0.39 is 0 Å². The Labute approximate surface area is 110 Å². The first-order valence-corrected chi connectivity index (χ1v) is 7.07. The third-order valence-electron chi connectivity index (χ3n) is 3.86. The molecule has 1 aliphatic carbocycles. The van der Waals surface area contributed by atoms with Crippen molar-refractivity contribution in [2.75, 3.05) is 5.32 Å². The van der Waals surface area contributed by atoms with Gasteiger partial charge in [-0.2, -0.15) is 0 Å². The predicted molar refractivity (Wildman–Crippen MR) is 75.8 cm³/mol. The highest BCUT2D eigenvalue weighted by Crippen LogP contribution is 2.30. The van der Waals surface area contributed by atoms with Crippen molar-refractivity contribution < 1.29 is 0 Å². The van der Waals surface area contributed by atoms with E-state index in [2.05, 4.69) is 31.3 Å². The van der Waals surface area contributed by atoms with Crippen molar-refractivity contribution in [3.05, 3.63) is 28.8 Å². The number of benzene rings is 1. The lowest BCUT2D eigenvalue weighted by atomic mass is 9.84. The van der Waals surface area contributed by atoms with Crippen LogP contribution in [0.15, 0.2) is 18.2 Å². The van der Waals surface area contributed by atoms with E-state index in [-0.39, 0.29) is 0 Å². The average Bonchev–Trinajstić information content (AvgIpc) is 2.34. The predicted octanol–water partition coefficient (Wildman–Crippen LogP) is 5.03. The molecule has 0 aromatic heterocycles. The minimum Gasteiger partial charge on any atom is -0.381 e. The van der Waals surface area contributed by atoms with Gasteiger partial charge in [0.2, 0.25) is 0 Å². The Morgan fingerprint density at radius 1 is 1.24 bits per heavy atom. The molecule has 2 heteroatoms. The van der Waals surface area contributed by atoms with E-state index in [1.54, 1.807) is 0 Å². The van der Waals surface area contributed by atoms with Gasteiger partial charge in [0.15, 0.2) is 0 Å². The number of anilines is 1. The molecule has 0 aliphatic heterocycles. The second-order valence-corrected chi connectivity index (χ2v) is 5.72. The number of rotatable bonds is 3. The van der Waals surface area contributed by atoms with Gasteiger partial charge in [-0.3, -0.25) is 0 Å². The second-order valence-electron chi connectivity index (χ2n) is 5.31. The summed E-state index contributed by atoms with van der Waals surface area (Å²) in [5, 5.41) is 4.42. The molecule has 2 rings (SSSR count). The molecule has 1 aliphatic rings. The summed E-state index contributed by atoms with van der Waals surface area (Å²) in [5.74, 6) is 0.807. The molecule has 1 nitrogen and oxygen atoms in total. The fourth-order valence-corrected chi connectivity index (χ4v) is 3.02. The second kappa shape index (κ2) is 5.77. The van der Waals surface area contributed by atoms with Crippen LogP contribution in [0.4, 0.5) is 5.69 Å². The molecular weight excluding hydrogens is 230 g/mol. The van der Waals surface area contributed by atoms with Gasteiger partial charge in [0.1, 0.15) is 0 Å². The van der Waals surface area contributed by atoms with Gasteiger partial charge in [0.25, 0.3) is 0 Å². The summed E-state index contributed by atoms with van der Waals surface area (Å²) in [6.07, 6.45) is 6.90. The first kappa shape index (κ1) is 12.8. The van der Waals surface area contributed by atoms with Crippen molar-refractivity contribution in [1.29, 1.82) is 0 Å². The summed E-state index contributed by atoms with van der Waals surface area (Å²) in [5.41, 5.74) is 2.29. The zero-order chi connectivity index (χ0) is 12.3. The Kier molecular flexibility index (Phi) is 4.33. The molecule has 1 atom stereocenters. The SMILES string of the molecule is Cc1ccc(NC(C)C2CCCCC2)c(Cl)c1. The van der Waals surface area contributed by atoms with Gasteiger partial charge in [-0.25, -0.2) is 0 Å². The van der Waals surface area contributed by atoms with E-state index in [9.17, 15) is 0 Å². The number of nitrogens with one attached hydrogen (secondary N) is 1. The highest BCUT2D eigenvalue weighted by molar-refractivity contribution is 6.33. The quantitative estimate of drug-likeness (QED) is 0.795. The van der Waals surface area contributed by atoms with Crippen LogP contribution in [0.2, 0.25) is 5.02 Å². The summed E-state index contributed by atoms with van der Waals surface area (Å²) >= 11 is 6.25. The zero-order valence-corrected chi connectivity index (χ0v) is 11.6. The molecule has 1 aromatic carbocycles. The highest BCUT2D eigenvalue weighted by Gasteiger charge is 2.20. The summed E-state index contributed by atoms with van der Waals surface area (Å²) in [6, 6.07) is 6.76. The Balaban J connectivity index is 1.99. The standard InChI is InChI=1S/C15H22ClN/c1-11-8-9-15(14(16)10-11)17-12(2)13-6-4-3-5-7-13/h8-10,12-13,17H,3-7H2,1-2H3. The topological polar surface area (TPSA) is 12.0 Å². The first-order valence-electron chi connectivity index (χ1n) is 6.69. The molecule has 0 radical (unpaired) electrons. The Morgan fingerprint density at radius 2 is 1.94 bits per heavy atom. The van der Waals surface area contributed by atoms with Crippen molar-refractivity contribution in [3.63, 3.8) is 0 Å². The molecule has 0 amide bonds. The minimum atomic E-state index is 0.524. The molecule has 1 aromatic rings. The maximum absolute atomic E-state index is 6.25. The molecule has 1 fully saturated rings. The van der Waals surface area contributed by atoms with Crippen LogP contribution in [0.5, 0.6) is 0 Å². The van der Waals surface area contributed by atoms with Crippen molar-refractivity contribution in [2.45, 2.75) is 52.0 Å². The maximum atomic E-state index is 6.25. The van der Waals surface area contributed by atoms with E-state index in [1.807, 2.05) is 6.07 Å². The molecule has 0 heterocycles. The Bertz CT molecular complexity index is 369. The zero-order valence-electron chi connectivity index (χ0n) is 10.8. The third-order valence-corrected chi connectivity index (χ3v) is 4.18. The molecule has 1 unspecified atom stereocenters. The van der Waals surface area contributed by atoms with E-state index >= 15 is 0 Å². The lowest BCUT2D eigenvalue weighted by Gasteiger charge is -2.29. The van der Waals surface area contributed by atoms with Crippen LogP contribution in [0.3, 0.4) is 0 Å². The van der Waals surface area contributed by atoms with Crippen molar-refractivity contribution >= 4 is 17.3 Å². The summed E-state index contributed by atoms with van der Waals surface area (Å²) in [4.78, 5) is 0. The monoisotopic (exact) mass is 251 g/mol. The minimum absolute atomic E-state index is 0.524. The van der Waals surface area contributed by atoms with E-state index in [0.717, 1.165) is 16.6 Å². The molecule has 1 N–H and O–H groups in total. The molecular formula is C15H22ClN. The average molecular weight is 252 g/mol. The third kappa shape index (κ3) is 3.38. The van der Waals surface area contributed by atoms with Crippen LogP contribution in [0.1, 0.15) is 44.6 Å². The fourth-order valence-electron chi connectivity index (χ4n) is 2.73. The van der Waals surface area contributed by atoms with Crippen LogP contribution in [-0.2, 0) is 0 Å². The Morgan fingerprint density at radius 3 is 2.59 bits per heavy atom. The van der Waals surface area contributed by atoms with Crippen molar-refractivity contribution in [3.8, 4) is 0 Å². The molecule has 94 valence electrons. The van der Waals surface area contributed by atoms with Gasteiger partial charge in [-0.1, -0.05) is 36.9 Å². The van der Waals surface area contributed by atoms with Crippen LogP contribution in [-0.4, -0.2) is 6.04 Å². The van der Waals surface area contributed by atoms with E-state index in [0.29, 0.717) is 6.04 Å². The largest absolute Gasteiger partial charge is 0.381 e. The van der Waals surface area contributed by atoms with Gasteiger partial charge in [-0.05, 0) is 50.3 Å². The highest BCUT2D eigenvalue weighted by atomic mass is 35.5. The molecule has 1 saturated carbocycles. The number of aryl methyl sites for hydroxylation is 1. The van der Waals surface area contributed by atoms with Crippen LogP contribution in [0.25, 0.3) is 0 Å². The molecule has 17 heavy (non-hydrogen) atoms. The fraction of sp³-hybridized carbons (Fsp3) is 0.600. The normalized spacial score (nSPS) is 19.0. The molecule has 0 saturated heterocycles. The number of halogens is 1. The van der Waals surface area contributed by atoms with Gasteiger partial charge in [0, 0.05) is 6.04 Å². The summed E-state index contributed by atoms with van der Waals surface area (Å²) in [6.45, 7) is 4.35. The van der Waals surface area contributed by atoms with Crippen LogP contribution in [0, 0.1) is 12.8 Å². The Hall–Kier alpha value is -0.690. The van der Waals surface area contributed by atoms with E-state index in [1.165, 1.54) is 37.7 Å². The number of hydrogen-bond donors (Lipinski definition) is 1.